The van der Waals surface area contributed by atoms with Gasteiger partial charge in [-0.3, -0.25) is 4.79 Å². The van der Waals surface area contributed by atoms with E-state index in [9.17, 15) is 9.59 Å². The number of azide groups is 1. The minimum atomic E-state index is -1.48. The molecule has 2 aromatic rings. The number of benzene rings is 1. The molecule has 3 rings (SSSR count). The number of para-hydroxylation sites is 1. The summed E-state index contributed by atoms with van der Waals surface area (Å²) in [4.78, 5) is 29.9. The third kappa shape index (κ3) is 2.49. The van der Waals surface area contributed by atoms with Gasteiger partial charge in [-0.2, -0.15) is 0 Å². The molecule has 1 aromatic heterocycles. The van der Waals surface area contributed by atoms with E-state index in [1.165, 1.54) is 7.11 Å². The summed E-state index contributed by atoms with van der Waals surface area (Å²) in [6, 6.07) is 6.57. The molecular formula is C15H14N4O4. The fourth-order valence-corrected chi connectivity index (χ4v) is 2.93. The van der Waals surface area contributed by atoms with Crippen LogP contribution in [0, 0.1) is 0 Å². The number of fused-ring (bicyclic) bond motifs is 1. The van der Waals surface area contributed by atoms with E-state index in [2.05, 4.69) is 15.0 Å². The highest BCUT2D eigenvalue weighted by Crippen LogP contribution is 2.35. The molecule has 2 heterocycles. The number of nitrogens with one attached hydrogen (secondary N) is 1. The summed E-state index contributed by atoms with van der Waals surface area (Å²) in [6.45, 7) is 0. The molecule has 118 valence electrons. The highest BCUT2D eigenvalue weighted by molar-refractivity contribution is 5.91. The largest absolute Gasteiger partial charge is 0.466 e. The van der Waals surface area contributed by atoms with E-state index in [-0.39, 0.29) is 12.8 Å². The lowest BCUT2D eigenvalue weighted by molar-refractivity contribution is -0.172. The van der Waals surface area contributed by atoms with Crippen LogP contribution in [0.25, 0.3) is 21.3 Å². The molecule has 1 N–H and O–H groups in total. The second-order valence-corrected chi connectivity index (χ2v) is 5.37. The Kier molecular flexibility index (Phi) is 3.67. The predicted octanol–water partition coefficient (Wildman–Crippen LogP) is 2.25. The Bertz CT molecular complexity index is 824. The summed E-state index contributed by atoms with van der Waals surface area (Å²) in [6.07, 6.45) is 1.87. The Labute approximate surface area is 131 Å². The molecule has 1 fully saturated rings. The van der Waals surface area contributed by atoms with Crippen molar-refractivity contribution in [2.24, 2.45) is 5.11 Å². The molecule has 2 unspecified atom stereocenters. The molecule has 1 aliphatic rings. The first-order chi connectivity index (χ1) is 11.1. The van der Waals surface area contributed by atoms with E-state index in [4.69, 9.17) is 15.0 Å². The molecule has 1 saturated heterocycles. The molecule has 1 aliphatic heterocycles. The van der Waals surface area contributed by atoms with Crippen molar-refractivity contribution in [1.82, 2.24) is 4.98 Å². The van der Waals surface area contributed by atoms with Gasteiger partial charge in [-0.15, -0.1) is 0 Å². The number of carbonyl (C=O) groups is 2. The van der Waals surface area contributed by atoms with Gasteiger partial charge < -0.3 is 14.5 Å². The molecule has 1 aromatic carbocycles. The van der Waals surface area contributed by atoms with Crippen LogP contribution in [0.1, 0.15) is 12.0 Å². The number of rotatable bonds is 4. The quantitative estimate of drug-likeness (QED) is 0.403. The van der Waals surface area contributed by atoms with Crippen LogP contribution in [-0.4, -0.2) is 35.7 Å². The number of aromatic nitrogens is 1. The van der Waals surface area contributed by atoms with E-state index in [1.54, 1.807) is 6.20 Å². The van der Waals surface area contributed by atoms with Gasteiger partial charge in [-0.1, -0.05) is 23.3 Å². The third-order valence-electron chi connectivity index (χ3n) is 3.99. The number of nitrogens with zero attached hydrogens (tertiary/aromatic N) is 3. The summed E-state index contributed by atoms with van der Waals surface area (Å²) in [5.74, 6) is -1.38. The number of hydrogen-bond donors (Lipinski definition) is 1. The first kappa shape index (κ1) is 14.9. The van der Waals surface area contributed by atoms with Crippen molar-refractivity contribution in [3.05, 3.63) is 46.5 Å². The Morgan fingerprint density at radius 2 is 2.35 bits per heavy atom. The van der Waals surface area contributed by atoms with Gasteiger partial charge in [0.15, 0.2) is 0 Å². The zero-order valence-corrected chi connectivity index (χ0v) is 12.4. The van der Waals surface area contributed by atoms with Crippen molar-refractivity contribution in [3.63, 3.8) is 0 Å². The maximum Gasteiger partial charge on any atom is 0.350 e. The Hall–Kier alpha value is -2.99. The third-order valence-corrected chi connectivity index (χ3v) is 3.99. The van der Waals surface area contributed by atoms with Crippen LogP contribution >= 0.6 is 0 Å². The summed E-state index contributed by atoms with van der Waals surface area (Å²) in [7, 11) is 1.23. The van der Waals surface area contributed by atoms with Crippen molar-refractivity contribution >= 4 is 22.8 Å². The average Bonchev–Trinajstić information content (AvgIpc) is 3.10. The fraction of sp³-hybridized carbons (Fsp3) is 0.333. The molecular weight excluding hydrogens is 300 g/mol. The van der Waals surface area contributed by atoms with Crippen LogP contribution in [-0.2, 0) is 25.5 Å². The van der Waals surface area contributed by atoms with Gasteiger partial charge in [0.1, 0.15) is 6.04 Å². The van der Waals surface area contributed by atoms with E-state index in [0.717, 1.165) is 16.5 Å². The number of esters is 2. The van der Waals surface area contributed by atoms with E-state index >= 15 is 0 Å². The first-order valence-corrected chi connectivity index (χ1v) is 7.00. The number of hydrogen-bond acceptors (Lipinski definition) is 5. The normalized spacial score (nSPS) is 23.3. The van der Waals surface area contributed by atoms with Crippen LogP contribution in [0.15, 0.2) is 35.6 Å². The Morgan fingerprint density at radius 3 is 3.09 bits per heavy atom. The topological polar surface area (TPSA) is 117 Å². The van der Waals surface area contributed by atoms with Gasteiger partial charge in [-0.25, -0.2) is 4.79 Å². The first-order valence-electron chi connectivity index (χ1n) is 7.00. The predicted molar refractivity (Wildman–Crippen MR) is 80.4 cm³/mol. The minimum absolute atomic E-state index is 0.0396. The van der Waals surface area contributed by atoms with Crippen LogP contribution in [0.3, 0.4) is 0 Å². The van der Waals surface area contributed by atoms with Gasteiger partial charge in [0.2, 0.25) is 5.60 Å². The van der Waals surface area contributed by atoms with Gasteiger partial charge in [0.05, 0.1) is 7.11 Å². The minimum Gasteiger partial charge on any atom is -0.466 e. The fourth-order valence-electron chi connectivity index (χ4n) is 2.93. The number of cyclic esters (lactones) is 1. The van der Waals surface area contributed by atoms with Crippen LogP contribution in [0.2, 0.25) is 0 Å². The molecule has 0 saturated carbocycles. The van der Waals surface area contributed by atoms with Crippen molar-refractivity contribution in [3.8, 4) is 0 Å². The molecule has 0 aliphatic carbocycles. The Morgan fingerprint density at radius 1 is 1.57 bits per heavy atom. The lowest BCUT2D eigenvalue weighted by Gasteiger charge is -2.24. The Balaban J connectivity index is 1.99. The van der Waals surface area contributed by atoms with Crippen molar-refractivity contribution in [2.75, 3.05) is 7.11 Å². The van der Waals surface area contributed by atoms with Gasteiger partial charge in [0.25, 0.3) is 0 Å². The van der Waals surface area contributed by atoms with Gasteiger partial charge >= 0.3 is 11.9 Å². The van der Waals surface area contributed by atoms with E-state index in [1.807, 2.05) is 24.3 Å². The number of carbonyl (C=O) groups excluding carboxylic acids is 2. The highest BCUT2D eigenvalue weighted by atomic mass is 16.6. The standard InChI is InChI=1S/C15H14N4O4/c1-22-14(21)15(7-12(18-19-16)13(20)23-15)6-9-8-17-11-5-3-2-4-10(9)11/h2-5,8,12,17H,6-7H2,1H3. The van der Waals surface area contributed by atoms with Crippen LogP contribution in [0.4, 0.5) is 0 Å². The lowest BCUT2D eigenvalue weighted by Crippen LogP contribution is -2.42. The maximum absolute atomic E-state index is 12.2. The van der Waals surface area contributed by atoms with Gasteiger partial charge in [-0.05, 0) is 17.2 Å². The monoisotopic (exact) mass is 314 g/mol. The molecule has 8 nitrogen and oxygen atoms in total. The zero-order valence-electron chi connectivity index (χ0n) is 12.4. The smallest absolute Gasteiger partial charge is 0.350 e. The van der Waals surface area contributed by atoms with Crippen molar-refractivity contribution < 1.29 is 19.1 Å². The molecule has 0 amide bonds. The second-order valence-electron chi connectivity index (χ2n) is 5.37. The number of ether oxygens (including phenoxy) is 2. The lowest BCUT2D eigenvalue weighted by atomic mass is 9.90. The summed E-state index contributed by atoms with van der Waals surface area (Å²) in [5.41, 5.74) is 8.80. The number of H-pyrrole nitrogens is 1. The summed E-state index contributed by atoms with van der Waals surface area (Å²) in [5, 5.41) is 4.33. The molecule has 0 radical (unpaired) electrons. The second kappa shape index (κ2) is 5.66. The van der Waals surface area contributed by atoms with Crippen LogP contribution in [0.5, 0.6) is 0 Å². The molecule has 0 spiro atoms. The summed E-state index contributed by atoms with van der Waals surface area (Å²) < 4.78 is 10.1. The SMILES string of the molecule is COC(=O)C1(Cc2c[nH]c3ccccc23)CC(N=[N+]=[N-])C(=O)O1. The molecule has 0 bridgehead atoms. The maximum atomic E-state index is 12.2. The van der Waals surface area contributed by atoms with Crippen molar-refractivity contribution in [2.45, 2.75) is 24.5 Å². The number of aromatic amines is 1. The van der Waals surface area contributed by atoms with Gasteiger partial charge in [0, 0.05) is 34.9 Å². The van der Waals surface area contributed by atoms with E-state index < -0.39 is 23.6 Å². The molecule has 8 heteroatoms. The zero-order chi connectivity index (χ0) is 16.4. The molecule has 23 heavy (non-hydrogen) atoms. The van der Waals surface area contributed by atoms with E-state index in [0.29, 0.717) is 0 Å². The highest BCUT2D eigenvalue weighted by Gasteiger charge is 2.53. The van der Waals surface area contributed by atoms with Crippen molar-refractivity contribution in [1.29, 1.82) is 0 Å². The average molecular weight is 314 g/mol. The number of methoxy groups -OCH3 is 1. The molecule has 2 atom stereocenters. The summed E-state index contributed by atoms with van der Waals surface area (Å²) >= 11 is 0. The van der Waals surface area contributed by atoms with Crippen LogP contribution < -0.4 is 0 Å².